The third kappa shape index (κ3) is 11.0. The van der Waals surface area contributed by atoms with E-state index in [0.29, 0.717) is 19.3 Å². The first-order valence-corrected chi connectivity index (χ1v) is 15.6. The van der Waals surface area contributed by atoms with Crippen LogP contribution >= 0.6 is 0 Å². The predicted molar refractivity (Wildman–Crippen MR) is 168 cm³/mol. The van der Waals surface area contributed by atoms with Gasteiger partial charge < -0.3 is 26.2 Å². The Morgan fingerprint density at radius 3 is 1.44 bits per heavy atom. The van der Waals surface area contributed by atoms with E-state index in [1.807, 2.05) is 85.7 Å². The second-order valence-electron chi connectivity index (χ2n) is 13.5. The molecule has 10 nitrogen and oxygen atoms in total. The van der Waals surface area contributed by atoms with Crippen LogP contribution in [-0.4, -0.2) is 71.7 Å². The van der Waals surface area contributed by atoms with Crippen molar-refractivity contribution in [2.24, 2.45) is 23.7 Å². The zero-order chi connectivity index (χ0) is 32.4. The molecule has 0 radical (unpaired) electrons. The third-order valence-electron chi connectivity index (χ3n) is 7.58. The minimum atomic E-state index is -0.994. The van der Waals surface area contributed by atoms with Crippen molar-refractivity contribution in [3.63, 3.8) is 0 Å². The molecule has 0 saturated carbocycles. The van der Waals surface area contributed by atoms with Crippen molar-refractivity contribution in [3.05, 3.63) is 35.9 Å². The lowest BCUT2D eigenvalue weighted by Gasteiger charge is -2.34. The molecule has 1 aromatic carbocycles. The third-order valence-corrected chi connectivity index (χ3v) is 7.58. The molecule has 0 unspecified atom stereocenters. The van der Waals surface area contributed by atoms with Gasteiger partial charge in [-0.15, -0.1) is 0 Å². The van der Waals surface area contributed by atoms with Crippen molar-refractivity contribution in [1.82, 2.24) is 26.2 Å². The fourth-order valence-electron chi connectivity index (χ4n) is 5.54. The number of benzene rings is 1. The van der Waals surface area contributed by atoms with E-state index in [9.17, 15) is 24.0 Å². The number of nitrogens with one attached hydrogen (secondary N) is 4. The van der Waals surface area contributed by atoms with Crippen LogP contribution in [0.25, 0.3) is 0 Å². The summed E-state index contributed by atoms with van der Waals surface area (Å²) in [7, 11) is 1.56. The van der Waals surface area contributed by atoms with Gasteiger partial charge in [-0.2, -0.15) is 0 Å². The Bertz CT molecular complexity index is 1100. The van der Waals surface area contributed by atoms with Gasteiger partial charge in [-0.05, 0) is 48.5 Å². The minimum absolute atomic E-state index is 0.0599. The Morgan fingerprint density at radius 1 is 0.581 bits per heavy atom. The van der Waals surface area contributed by atoms with Gasteiger partial charge in [0, 0.05) is 13.5 Å². The average Bonchev–Trinajstić information content (AvgIpc) is 2.90. The van der Waals surface area contributed by atoms with Crippen molar-refractivity contribution >= 4 is 29.5 Å². The summed E-state index contributed by atoms with van der Waals surface area (Å²) in [6.45, 7) is 15.4. The molecule has 1 saturated heterocycles. The van der Waals surface area contributed by atoms with Crippen LogP contribution < -0.4 is 21.3 Å². The molecule has 0 bridgehead atoms. The molecule has 0 spiro atoms. The van der Waals surface area contributed by atoms with Gasteiger partial charge >= 0.3 is 0 Å². The molecule has 1 aromatic rings. The fourth-order valence-corrected chi connectivity index (χ4v) is 5.54. The predicted octanol–water partition coefficient (Wildman–Crippen LogP) is 2.80. The molecule has 0 aromatic heterocycles. The number of hydrogen-bond acceptors (Lipinski definition) is 5. The lowest BCUT2D eigenvalue weighted by atomic mass is 9.96. The highest BCUT2D eigenvalue weighted by Gasteiger charge is 2.38. The monoisotopic (exact) mass is 599 g/mol. The SMILES string of the molecule is CC(C)C[C@@H]1NC(=O)[C@H](CC(C)C)NC(=O)[C@H](C(C)C)N(C)C(=O)[C@H](CC(C)C)NC(=O)[C@H](Cc2ccccc2)NC1=O. The first kappa shape index (κ1) is 35.8. The van der Waals surface area contributed by atoms with E-state index >= 15 is 0 Å². The standard InChI is InChI=1S/C33H53N5O5/c1-19(2)15-24-29(39)35-26(18-23-13-11-10-12-14-23)31(41)37-27(17-21(5)6)33(43)38(9)28(22(7)8)32(42)36-25(16-20(3)4)30(40)34-24/h10-14,19-22,24-28H,15-18H2,1-9H3,(H,34,40)(H,35,39)(H,36,42)(H,37,41)/t24-,25-,26-,27-,28-/m0/s1. The Kier molecular flexibility index (Phi) is 13.7. The van der Waals surface area contributed by atoms with E-state index in [1.165, 1.54) is 4.90 Å². The summed E-state index contributed by atoms with van der Waals surface area (Å²) in [6.07, 6.45) is 1.23. The summed E-state index contributed by atoms with van der Waals surface area (Å²) >= 11 is 0. The van der Waals surface area contributed by atoms with Crippen LogP contribution in [0, 0.1) is 23.7 Å². The molecular weight excluding hydrogens is 546 g/mol. The van der Waals surface area contributed by atoms with Crippen LogP contribution in [0.5, 0.6) is 0 Å². The molecule has 1 fully saturated rings. The number of carbonyl (C=O) groups excluding carboxylic acids is 5. The van der Waals surface area contributed by atoms with E-state index in [2.05, 4.69) is 21.3 Å². The molecule has 10 heteroatoms. The summed E-state index contributed by atoms with van der Waals surface area (Å²) in [4.78, 5) is 70.2. The van der Waals surface area contributed by atoms with E-state index in [4.69, 9.17) is 0 Å². The lowest BCUT2D eigenvalue weighted by molar-refractivity contribution is -0.144. The van der Waals surface area contributed by atoms with Crippen molar-refractivity contribution in [2.45, 2.75) is 111 Å². The summed E-state index contributed by atoms with van der Waals surface area (Å²) in [5.41, 5.74) is 0.834. The molecular formula is C33H53N5O5. The summed E-state index contributed by atoms with van der Waals surface area (Å²) < 4.78 is 0. The molecule has 1 aliphatic heterocycles. The molecule has 240 valence electrons. The molecule has 2 rings (SSSR count). The topological polar surface area (TPSA) is 137 Å². The van der Waals surface area contributed by atoms with E-state index < -0.39 is 59.7 Å². The first-order valence-electron chi connectivity index (χ1n) is 15.6. The van der Waals surface area contributed by atoms with Gasteiger partial charge in [0.2, 0.25) is 29.5 Å². The van der Waals surface area contributed by atoms with Crippen LogP contribution in [-0.2, 0) is 30.4 Å². The largest absolute Gasteiger partial charge is 0.343 e. The first-order chi connectivity index (χ1) is 20.1. The van der Waals surface area contributed by atoms with Crippen LogP contribution in [0.2, 0.25) is 0 Å². The second-order valence-corrected chi connectivity index (χ2v) is 13.5. The average molecular weight is 600 g/mol. The molecule has 1 aliphatic rings. The summed E-state index contributed by atoms with van der Waals surface area (Å²) in [5, 5.41) is 11.5. The molecule has 0 aliphatic carbocycles. The maximum Gasteiger partial charge on any atom is 0.245 e. The number of likely N-dealkylation sites (N-methyl/N-ethyl adjacent to an activating group) is 1. The van der Waals surface area contributed by atoms with Crippen molar-refractivity contribution < 1.29 is 24.0 Å². The van der Waals surface area contributed by atoms with E-state index in [0.717, 1.165) is 5.56 Å². The molecule has 1 heterocycles. The Morgan fingerprint density at radius 2 is 0.977 bits per heavy atom. The Balaban J connectivity index is 2.65. The van der Waals surface area contributed by atoms with Crippen LogP contribution in [0.3, 0.4) is 0 Å². The van der Waals surface area contributed by atoms with Crippen molar-refractivity contribution in [2.75, 3.05) is 7.05 Å². The molecule has 5 amide bonds. The van der Waals surface area contributed by atoms with Gasteiger partial charge in [-0.1, -0.05) is 85.7 Å². The fraction of sp³-hybridized carbons (Fsp3) is 0.667. The number of carbonyl (C=O) groups is 5. The van der Waals surface area contributed by atoms with Gasteiger partial charge in [0.25, 0.3) is 0 Å². The quantitative estimate of drug-likeness (QED) is 0.346. The van der Waals surface area contributed by atoms with Gasteiger partial charge in [0.15, 0.2) is 0 Å². The zero-order valence-electron chi connectivity index (χ0n) is 27.4. The Labute approximate surface area is 257 Å². The maximum atomic E-state index is 13.9. The number of rotatable bonds is 9. The summed E-state index contributed by atoms with van der Waals surface area (Å²) in [6, 6.07) is 4.70. The van der Waals surface area contributed by atoms with Crippen LogP contribution in [0.15, 0.2) is 30.3 Å². The minimum Gasteiger partial charge on any atom is -0.343 e. The number of amides is 5. The zero-order valence-corrected chi connectivity index (χ0v) is 27.4. The maximum absolute atomic E-state index is 13.9. The van der Waals surface area contributed by atoms with Crippen LogP contribution in [0.4, 0.5) is 0 Å². The van der Waals surface area contributed by atoms with E-state index in [-0.39, 0.29) is 30.1 Å². The van der Waals surface area contributed by atoms with E-state index in [1.54, 1.807) is 7.05 Å². The van der Waals surface area contributed by atoms with Crippen LogP contribution in [0.1, 0.15) is 80.2 Å². The highest BCUT2D eigenvalue weighted by atomic mass is 16.2. The summed E-state index contributed by atoms with van der Waals surface area (Å²) in [5.74, 6) is -2.41. The molecule has 43 heavy (non-hydrogen) atoms. The smallest absolute Gasteiger partial charge is 0.245 e. The highest BCUT2D eigenvalue weighted by molar-refractivity contribution is 5.98. The lowest BCUT2D eigenvalue weighted by Crippen LogP contribution is -2.59. The van der Waals surface area contributed by atoms with Crippen molar-refractivity contribution in [1.29, 1.82) is 0 Å². The Hall–Kier alpha value is -3.43. The van der Waals surface area contributed by atoms with Gasteiger partial charge in [0.1, 0.15) is 30.2 Å². The number of hydrogen-bond donors (Lipinski definition) is 4. The number of nitrogens with zero attached hydrogens (tertiary/aromatic N) is 1. The normalized spacial score (nSPS) is 24.9. The second kappa shape index (κ2) is 16.4. The highest BCUT2D eigenvalue weighted by Crippen LogP contribution is 2.17. The molecule has 5 atom stereocenters. The van der Waals surface area contributed by atoms with Gasteiger partial charge in [-0.3, -0.25) is 24.0 Å². The van der Waals surface area contributed by atoms with Gasteiger partial charge in [-0.25, -0.2) is 0 Å². The van der Waals surface area contributed by atoms with Crippen molar-refractivity contribution in [3.8, 4) is 0 Å². The molecule has 4 N–H and O–H groups in total. The van der Waals surface area contributed by atoms with Gasteiger partial charge in [0.05, 0.1) is 0 Å².